The number of nitrogens with one attached hydrogen (secondary N) is 1. The second-order valence-electron chi connectivity index (χ2n) is 4.84. The van der Waals surface area contributed by atoms with E-state index in [9.17, 15) is 9.59 Å². The molecule has 2 aromatic heterocycles. The molecule has 8 heteroatoms. The molecule has 6 nitrogen and oxygen atoms in total. The fraction of sp³-hybridized carbons (Fsp3) is 0.0625. The van der Waals surface area contributed by atoms with Crippen LogP contribution in [-0.4, -0.2) is 27.9 Å². The molecule has 0 saturated heterocycles. The van der Waals surface area contributed by atoms with E-state index in [2.05, 4.69) is 10.3 Å². The van der Waals surface area contributed by atoms with Crippen molar-refractivity contribution in [3.8, 4) is 0 Å². The molecular formula is C16H11Cl2N3O3. The molecule has 3 aromatic rings. The van der Waals surface area contributed by atoms with Gasteiger partial charge >= 0.3 is 5.97 Å². The van der Waals surface area contributed by atoms with Gasteiger partial charge in [-0.15, -0.1) is 0 Å². The highest BCUT2D eigenvalue weighted by Crippen LogP contribution is 2.25. The third-order valence-electron chi connectivity index (χ3n) is 3.11. The number of hydrogen-bond donors (Lipinski definition) is 1. The van der Waals surface area contributed by atoms with Gasteiger partial charge < -0.3 is 14.5 Å². The molecule has 0 fully saturated rings. The molecule has 24 heavy (non-hydrogen) atoms. The van der Waals surface area contributed by atoms with Gasteiger partial charge in [0.15, 0.2) is 12.3 Å². The summed E-state index contributed by atoms with van der Waals surface area (Å²) in [6, 6.07) is 10.0. The molecule has 0 saturated carbocycles. The Morgan fingerprint density at radius 1 is 1.21 bits per heavy atom. The molecule has 0 aliphatic rings. The molecule has 0 bridgehead atoms. The van der Waals surface area contributed by atoms with Crippen molar-refractivity contribution in [3.05, 3.63) is 64.5 Å². The van der Waals surface area contributed by atoms with Crippen LogP contribution >= 0.6 is 23.2 Å². The maximum atomic E-state index is 12.0. The summed E-state index contributed by atoms with van der Waals surface area (Å²) in [5.41, 5.74) is 1.12. The number of fused-ring (bicyclic) bond motifs is 1. The monoisotopic (exact) mass is 363 g/mol. The molecule has 0 radical (unpaired) electrons. The Kier molecular flexibility index (Phi) is 4.69. The van der Waals surface area contributed by atoms with E-state index in [0.29, 0.717) is 21.4 Å². The zero-order chi connectivity index (χ0) is 17.1. The lowest BCUT2D eigenvalue weighted by atomic mass is 10.3. The minimum Gasteiger partial charge on any atom is -0.451 e. The number of amides is 1. The number of ether oxygens (including phenoxy) is 1. The lowest BCUT2D eigenvalue weighted by molar-refractivity contribution is -0.119. The van der Waals surface area contributed by atoms with Gasteiger partial charge in [0.1, 0.15) is 5.65 Å². The van der Waals surface area contributed by atoms with Gasteiger partial charge in [-0.1, -0.05) is 29.3 Å². The number of carbonyl (C=O) groups is 2. The van der Waals surface area contributed by atoms with E-state index in [4.69, 9.17) is 27.9 Å². The molecule has 122 valence electrons. The van der Waals surface area contributed by atoms with Crippen molar-refractivity contribution in [2.75, 3.05) is 11.9 Å². The Labute approximate surface area is 147 Å². The first-order chi connectivity index (χ1) is 11.5. The Morgan fingerprint density at radius 2 is 2.04 bits per heavy atom. The lowest BCUT2D eigenvalue weighted by Gasteiger charge is -2.07. The third kappa shape index (κ3) is 3.67. The largest absolute Gasteiger partial charge is 0.451 e. The van der Waals surface area contributed by atoms with Gasteiger partial charge in [-0.05, 0) is 30.3 Å². The topological polar surface area (TPSA) is 72.7 Å². The maximum absolute atomic E-state index is 12.0. The maximum Gasteiger partial charge on any atom is 0.359 e. The average Bonchev–Trinajstić information content (AvgIpc) is 2.99. The number of imidazole rings is 1. The minimum absolute atomic E-state index is 0.124. The quantitative estimate of drug-likeness (QED) is 0.720. The second kappa shape index (κ2) is 6.90. The second-order valence-corrected chi connectivity index (χ2v) is 5.68. The SMILES string of the molecule is O=C(COC(=O)c1cn2ccccc2n1)Nc1ccc(Cl)cc1Cl. The van der Waals surface area contributed by atoms with Crippen LogP contribution in [0, 0.1) is 0 Å². The van der Waals surface area contributed by atoms with Crippen LogP contribution in [0.25, 0.3) is 5.65 Å². The fourth-order valence-corrected chi connectivity index (χ4v) is 2.47. The van der Waals surface area contributed by atoms with Gasteiger partial charge in [-0.3, -0.25) is 4.79 Å². The third-order valence-corrected chi connectivity index (χ3v) is 3.66. The molecule has 0 unspecified atom stereocenters. The summed E-state index contributed by atoms with van der Waals surface area (Å²) in [5.74, 6) is -1.20. The summed E-state index contributed by atoms with van der Waals surface area (Å²) in [7, 11) is 0. The molecule has 0 aliphatic heterocycles. The van der Waals surface area contributed by atoms with Crippen LogP contribution in [0.2, 0.25) is 10.0 Å². The Balaban J connectivity index is 1.60. The van der Waals surface area contributed by atoms with Crippen LogP contribution in [0.1, 0.15) is 10.5 Å². The fourth-order valence-electron chi connectivity index (χ4n) is 2.02. The highest BCUT2D eigenvalue weighted by atomic mass is 35.5. The van der Waals surface area contributed by atoms with Gasteiger partial charge in [-0.25, -0.2) is 9.78 Å². The Hall–Kier alpha value is -2.57. The number of halogens is 2. The molecule has 0 atom stereocenters. The number of nitrogens with zero attached hydrogens (tertiary/aromatic N) is 2. The molecule has 0 aliphatic carbocycles. The predicted molar refractivity (Wildman–Crippen MR) is 90.6 cm³/mol. The highest BCUT2D eigenvalue weighted by molar-refractivity contribution is 6.36. The van der Waals surface area contributed by atoms with Crippen molar-refractivity contribution in [2.45, 2.75) is 0 Å². The van der Waals surface area contributed by atoms with Crippen molar-refractivity contribution >= 4 is 46.4 Å². The predicted octanol–water partition coefficient (Wildman–Crippen LogP) is 3.44. The Bertz CT molecular complexity index is 891. The molecular weight excluding hydrogens is 353 g/mol. The number of rotatable bonds is 4. The van der Waals surface area contributed by atoms with Crippen LogP contribution in [0.3, 0.4) is 0 Å². The van der Waals surface area contributed by atoms with Gasteiger partial charge in [0.2, 0.25) is 0 Å². The molecule has 0 spiro atoms. The number of benzene rings is 1. The molecule has 2 heterocycles. The zero-order valence-electron chi connectivity index (χ0n) is 12.2. The lowest BCUT2D eigenvalue weighted by Crippen LogP contribution is -2.21. The first-order valence-corrected chi connectivity index (χ1v) is 7.64. The van der Waals surface area contributed by atoms with E-state index in [-0.39, 0.29) is 5.69 Å². The molecule has 3 rings (SSSR count). The van der Waals surface area contributed by atoms with Crippen molar-refractivity contribution in [2.24, 2.45) is 0 Å². The summed E-state index contributed by atoms with van der Waals surface area (Å²) >= 11 is 11.7. The van der Waals surface area contributed by atoms with Crippen LogP contribution in [-0.2, 0) is 9.53 Å². The number of hydrogen-bond acceptors (Lipinski definition) is 4. The number of anilines is 1. The Morgan fingerprint density at radius 3 is 2.79 bits per heavy atom. The van der Waals surface area contributed by atoms with Crippen LogP contribution in [0.15, 0.2) is 48.8 Å². The smallest absolute Gasteiger partial charge is 0.359 e. The number of pyridine rings is 1. The number of aromatic nitrogens is 2. The molecule has 1 aromatic carbocycles. The van der Waals surface area contributed by atoms with Gasteiger partial charge in [0.25, 0.3) is 5.91 Å². The van der Waals surface area contributed by atoms with E-state index in [1.165, 1.54) is 12.3 Å². The van der Waals surface area contributed by atoms with E-state index < -0.39 is 18.5 Å². The van der Waals surface area contributed by atoms with Gasteiger partial charge in [-0.2, -0.15) is 0 Å². The van der Waals surface area contributed by atoms with E-state index >= 15 is 0 Å². The standard InChI is InChI=1S/C16H11Cl2N3O3/c17-10-4-5-12(11(18)7-10)20-15(22)9-24-16(23)13-8-21-6-2-1-3-14(21)19-13/h1-8H,9H2,(H,20,22). The van der Waals surface area contributed by atoms with E-state index in [1.54, 1.807) is 34.9 Å². The van der Waals surface area contributed by atoms with Gasteiger partial charge in [0.05, 0.1) is 10.7 Å². The number of carbonyl (C=O) groups excluding carboxylic acids is 2. The summed E-state index contributed by atoms with van der Waals surface area (Å²) in [6.07, 6.45) is 3.29. The summed E-state index contributed by atoms with van der Waals surface area (Å²) < 4.78 is 6.64. The zero-order valence-corrected chi connectivity index (χ0v) is 13.7. The average molecular weight is 364 g/mol. The van der Waals surface area contributed by atoms with Crippen LogP contribution in [0.4, 0.5) is 5.69 Å². The normalized spacial score (nSPS) is 10.6. The van der Waals surface area contributed by atoms with Gasteiger partial charge in [0, 0.05) is 17.4 Å². The van der Waals surface area contributed by atoms with Crippen molar-refractivity contribution in [1.82, 2.24) is 9.38 Å². The first kappa shape index (κ1) is 16.3. The summed E-state index contributed by atoms with van der Waals surface area (Å²) in [6.45, 7) is -0.453. The van der Waals surface area contributed by atoms with E-state index in [0.717, 1.165) is 0 Å². The van der Waals surface area contributed by atoms with E-state index in [1.807, 2.05) is 6.07 Å². The van der Waals surface area contributed by atoms with Crippen molar-refractivity contribution in [1.29, 1.82) is 0 Å². The van der Waals surface area contributed by atoms with Crippen molar-refractivity contribution < 1.29 is 14.3 Å². The summed E-state index contributed by atoms with van der Waals surface area (Å²) in [4.78, 5) is 27.9. The van der Waals surface area contributed by atoms with Crippen molar-refractivity contribution in [3.63, 3.8) is 0 Å². The first-order valence-electron chi connectivity index (χ1n) is 6.89. The van der Waals surface area contributed by atoms with Crippen LogP contribution < -0.4 is 5.32 Å². The molecule has 1 N–H and O–H groups in total. The summed E-state index contributed by atoms with van der Waals surface area (Å²) in [5, 5.41) is 3.29. The van der Waals surface area contributed by atoms with Crippen LogP contribution in [0.5, 0.6) is 0 Å². The molecule has 1 amide bonds. The number of esters is 1. The minimum atomic E-state index is -0.684. The highest BCUT2D eigenvalue weighted by Gasteiger charge is 2.14.